The van der Waals surface area contributed by atoms with Crippen LogP contribution in [0.5, 0.6) is 0 Å². The van der Waals surface area contributed by atoms with Crippen molar-refractivity contribution in [2.75, 3.05) is 13.6 Å². The first kappa shape index (κ1) is 14.3. The third kappa shape index (κ3) is 3.68. The second-order valence-corrected chi connectivity index (χ2v) is 4.96. The summed E-state index contributed by atoms with van der Waals surface area (Å²) in [5.74, 6) is -0.771. The van der Waals surface area contributed by atoms with Crippen LogP contribution >= 0.6 is 0 Å². The number of carbonyl (C=O) groups is 1. The molecule has 0 spiro atoms. The van der Waals surface area contributed by atoms with Crippen molar-refractivity contribution >= 4 is 5.97 Å². The van der Waals surface area contributed by atoms with Crippen molar-refractivity contribution < 1.29 is 9.90 Å². The molecular formula is C15H19N3O2. The fourth-order valence-electron chi connectivity index (χ4n) is 2.07. The standard InChI is InChI=1S/C15H19N3O2/c1-12-5-3-4-6-14(12)18-11-13(9-16-18)10-17(2)8-7-15(19)20/h3-6,9,11H,7-8,10H2,1-2H3,(H,19,20). The number of carboxylic acids is 1. The van der Waals surface area contributed by atoms with Crippen LogP contribution in [-0.4, -0.2) is 39.3 Å². The molecule has 0 aliphatic rings. The molecule has 0 radical (unpaired) electrons. The average Bonchev–Trinajstić information content (AvgIpc) is 2.85. The molecular weight excluding hydrogens is 254 g/mol. The minimum absolute atomic E-state index is 0.155. The van der Waals surface area contributed by atoms with Gasteiger partial charge in [-0.15, -0.1) is 0 Å². The Labute approximate surface area is 118 Å². The topological polar surface area (TPSA) is 58.4 Å². The Kier molecular flexibility index (Phi) is 4.53. The molecule has 1 aromatic heterocycles. The van der Waals surface area contributed by atoms with Crippen molar-refractivity contribution in [3.8, 4) is 5.69 Å². The van der Waals surface area contributed by atoms with E-state index in [0.717, 1.165) is 11.3 Å². The van der Waals surface area contributed by atoms with Gasteiger partial charge in [0.25, 0.3) is 0 Å². The Balaban J connectivity index is 2.02. The molecule has 0 saturated carbocycles. The summed E-state index contributed by atoms with van der Waals surface area (Å²) in [6.45, 7) is 3.28. The van der Waals surface area contributed by atoms with Crippen LogP contribution in [0.4, 0.5) is 0 Å². The van der Waals surface area contributed by atoms with Crippen LogP contribution in [0.25, 0.3) is 5.69 Å². The molecule has 5 nitrogen and oxygen atoms in total. The highest BCUT2D eigenvalue weighted by molar-refractivity contribution is 5.66. The van der Waals surface area contributed by atoms with Gasteiger partial charge in [0.15, 0.2) is 0 Å². The van der Waals surface area contributed by atoms with E-state index in [1.54, 1.807) is 0 Å². The van der Waals surface area contributed by atoms with Gasteiger partial charge in [0, 0.05) is 24.8 Å². The summed E-state index contributed by atoms with van der Waals surface area (Å²) >= 11 is 0. The number of carboxylic acid groups (broad SMARTS) is 1. The van der Waals surface area contributed by atoms with Crippen LogP contribution in [0.3, 0.4) is 0 Å². The van der Waals surface area contributed by atoms with Crippen molar-refractivity contribution in [2.24, 2.45) is 0 Å². The largest absolute Gasteiger partial charge is 0.481 e. The highest BCUT2D eigenvalue weighted by Crippen LogP contribution is 2.13. The number of rotatable bonds is 6. The molecule has 0 saturated heterocycles. The molecule has 2 aromatic rings. The van der Waals surface area contributed by atoms with Crippen molar-refractivity contribution in [3.05, 3.63) is 47.8 Å². The van der Waals surface area contributed by atoms with Crippen LogP contribution < -0.4 is 0 Å². The zero-order valence-electron chi connectivity index (χ0n) is 11.8. The minimum Gasteiger partial charge on any atom is -0.481 e. The van der Waals surface area contributed by atoms with Gasteiger partial charge in [-0.25, -0.2) is 4.68 Å². The van der Waals surface area contributed by atoms with Gasteiger partial charge in [-0.05, 0) is 25.6 Å². The van der Waals surface area contributed by atoms with Gasteiger partial charge >= 0.3 is 5.97 Å². The van der Waals surface area contributed by atoms with E-state index >= 15 is 0 Å². The summed E-state index contributed by atoms with van der Waals surface area (Å²) in [6.07, 6.45) is 3.96. The van der Waals surface area contributed by atoms with E-state index in [0.29, 0.717) is 13.1 Å². The Morgan fingerprint density at radius 3 is 2.85 bits per heavy atom. The summed E-state index contributed by atoms with van der Waals surface area (Å²) in [5.41, 5.74) is 3.30. The maximum atomic E-state index is 10.5. The van der Waals surface area contributed by atoms with Crippen LogP contribution in [0.1, 0.15) is 17.5 Å². The third-order valence-corrected chi connectivity index (χ3v) is 3.16. The molecule has 0 fully saturated rings. The second kappa shape index (κ2) is 6.34. The quantitative estimate of drug-likeness (QED) is 0.875. The summed E-state index contributed by atoms with van der Waals surface area (Å²) in [7, 11) is 1.91. The third-order valence-electron chi connectivity index (χ3n) is 3.16. The second-order valence-electron chi connectivity index (χ2n) is 4.96. The number of aryl methyl sites for hydroxylation is 1. The monoisotopic (exact) mass is 273 g/mol. The zero-order chi connectivity index (χ0) is 14.5. The number of hydrogen-bond acceptors (Lipinski definition) is 3. The molecule has 1 heterocycles. The zero-order valence-corrected chi connectivity index (χ0v) is 11.8. The first-order chi connectivity index (χ1) is 9.56. The summed E-state index contributed by atoms with van der Waals surface area (Å²) in [5, 5.41) is 13.0. The smallest absolute Gasteiger partial charge is 0.304 e. The van der Waals surface area contributed by atoms with E-state index in [1.165, 1.54) is 5.56 Å². The predicted molar refractivity (Wildman–Crippen MR) is 76.9 cm³/mol. The van der Waals surface area contributed by atoms with Crippen LogP contribution in [0, 0.1) is 6.92 Å². The van der Waals surface area contributed by atoms with E-state index in [-0.39, 0.29) is 6.42 Å². The summed E-state index contributed by atoms with van der Waals surface area (Å²) in [6, 6.07) is 8.07. The molecule has 0 bridgehead atoms. The van der Waals surface area contributed by atoms with Crippen LogP contribution in [0.15, 0.2) is 36.7 Å². The molecule has 2 rings (SSSR count). The van der Waals surface area contributed by atoms with E-state index < -0.39 is 5.97 Å². The van der Waals surface area contributed by atoms with Crippen LogP contribution in [0.2, 0.25) is 0 Å². The van der Waals surface area contributed by atoms with Crippen molar-refractivity contribution in [1.29, 1.82) is 0 Å². The van der Waals surface area contributed by atoms with E-state index in [1.807, 2.05) is 47.2 Å². The Morgan fingerprint density at radius 1 is 1.40 bits per heavy atom. The van der Waals surface area contributed by atoms with Gasteiger partial charge in [0.2, 0.25) is 0 Å². The molecule has 1 aromatic carbocycles. The van der Waals surface area contributed by atoms with Gasteiger partial charge in [0.05, 0.1) is 18.3 Å². The van der Waals surface area contributed by atoms with Crippen LogP contribution in [-0.2, 0) is 11.3 Å². The van der Waals surface area contributed by atoms with Gasteiger partial charge in [-0.2, -0.15) is 5.10 Å². The highest BCUT2D eigenvalue weighted by Gasteiger charge is 2.07. The molecule has 106 valence electrons. The lowest BCUT2D eigenvalue weighted by atomic mass is 10.2. The van der Waals surface area contributed by atoms with Gasteiger partial charge in [-0.3, -0.25) is 4.79 Å². The SMILES string of the molecule is Cc1ccccc1-n1cc(CN(C)CCC(=O)O)cn1. The van der Waals surface area contributed by atoms with Crippen molar-refractivity contribution in [3.63, 3.8) is 0 Å². The number of aromatic nitrogens is 2. The molecule has 0 unspecified atom stereocenters. The van der Waals surface area contributed by atoms with E-state index in [2.05, 4.69) is 18.1 Å². The van der Waals surface area contributed by atoms with Gasteiger partial charge < -0.3 is 10.0 Å². The molecule has 0 aliphatic carbocycles. The lowest BCUT2D eigenvalue weighted by molar-refractivity contribution is -0.137. The van der Waals surface area contributed by atoms with Gasteiger partial charge in [0.1, 0.15) is 0 Å². The average molecular weight is 273 g/mol. The first-order valence-electron chi connectivity index (χ1n) is 6.56. The Morgan fingerprint density at radius 2 is 2.15 bits per heavy atom. The van der Waals surface area contributed by atoms with E-state index in [9.17, 15) is 4.79 Å². The maximum absolute atomic E-state index is 10.5. The molecule has 20 heavy (non-hydrogen) atoms. The molecule has 1 N–H and O–H groups in total. The number of hydrogen-bond donors (Lipinski definition) is 1. The maximum Gasteiger partial charge on any atom is 0.304 e. The normalized spacial score (nSPS) is 10.9. The Bertz CT molecular complexity index is 592. The summed E-state index contributed by atoms with van der Waals surface area (Å²) in [4.78, 5) is 12.5. The fourth-order valence-corrected chi connectivity index (χ4v) is 2.07. The van der Waals surface area contributed by atoms with Crippen molar-refractivity contribution in [2.45, 2.75) is 19.9 Å². The number of nitrogens with zero attached hydrogens (tertiary/aromatic N) is 3. The van der Waals surface area contributed by atoms with Crippen molar-refractivity contribution in [1.82, 2.24) is 14.7 Å². The molecule has 0 amide bonds. The first-order valence-corrected chi connectivity index (χ1v) is 6.56. The summed E-state index contributed by atoms with van der Waals surface area (Å²) < 4.78 is 1.86. The van der Waals surface area contributed by atoms with E-state index in [4.69, 9.17) is 5.11 Å². The lowest BCUT2D eigenvalue weighted by Gasteiger charge is -2.13. The number of aliphatic carboxylic acids is 1. The minimum atomic E-state index is -0.771. The molecule has 0 atom stereocenters. The molecule has 0 aliphatic heterocycles. The number of para-hydroxylation sites is 1. The highest BCUT2D eigenvalue weighted by atomic mass is 16.4. The lowest BCUT2D eigenvalue weighted by Crippen LogP contribution is -2.21. The Hall–Kier alpha value is -2.14. The number of benzene rings is 1. The van der Waals surface area contributed by atoms with Gasteiger partial charge in [-0.1, -0.05) is 18.2 Å². The predicted octanol–water partition coefficient (Wildman–Crippen LogP) is 2.09. The molecule has 5 heteroatoms. The fraction of sp³-hybridized carbons (Fsp3) is 0.333.